The van der Waals surface area contributed by atoms with Gasteiger partial charge in [-0.3, -0.25) is 0 Å². The second-order valence-electron chi connectivity index (χ2n) is 5.43. The topological polar surface area (TPSA) is 54.4 Å². The smallest absolute Gasteiger partial charge is 0.183 e. The molecule has 0 fully saturated rings. The zero-order valence-electron chi connectivity index (χ0n) is 10.6. The van der Waals surface area contributed by atoms with E-state index in [0.29, 0.717) is 10.9 Å². The summed E-state index contributed by atoms with van der Waals surface area (Å²) in [7, 11) is -4.92. The maximum absolute atomic E-state index is 12.3. The minimum absolute atomic E-state index is 0.303. The molecule has 0 aliphatic heterocycles. The predicted octanol–water partition coefficient (Wildman–Crippen LogP) is 2.16. The second-order valence-corrected chi connectivity index (χ2v) is 13.2. The molecule has 1 unspecified atom stereocenters. The van der Waals surface area contributed by atoms with Gasteiger partial charge in [-0.25, -0.2) is 8.42 Å². The largest absolute Gasteiger partial charge is 0.395 e. The Morgan fingerprint density at radius 2 is 1.71 bits per heavy atom. The summed E-state index contributed by atoms with van der Waals surface area (Å²) in [6.45, 7) is 6.02. The Morgan fingerprint density at radius 1 is 1.18 bits per heavy atom. The first kappa shape index (κ1) is 14.4. The lowest BCUT2D eigenvalue weighted by atomic mass is 10.4. The van der Waals surface area contributed by atoms with Crippen molar-refractivity contribution in [2.45, 2.75) is 35.8 Å². The molecule has 0 spiro atoms. The van der Waals surface area contributed by atoms with Crippen LogP contribution in [0.2, 0.25) is 25.7 Å². The fourth-order valence-corrected chi connectivity index (χ4v) is 6.75. The van der Waals surface area contributed by atoms with Crippen molar-refractivity contribution in [3.05, 3.63) is 30.3 Å². The number of aliphatic hydroxyl groups excluding tert-OH is 1. The van der Waals surface area contributed by atoms with Gasteiger partial charge < -0.3 is 5.11 Å². The van der Waals surface area contributed by atoms with Crippen LogP contribution in [0, 0.1) is 0 Å². The number of hydrogen-bond acceptors (Lipinski definition) is 3. The van der Waals surface area contributed by atoms with Crippen LogP contribution in [0.3, 0.4) is 0 Å². The van der Waals surface area contributed by atoms with Crippen LogP contribution in [0.5, 0.6) is 0 Å². The average molecular weight is 272 g/mol. The molecule has 0 saturated heterocycles. The molecule has 5 heteroatoms. The highest BCUT2D eigenvalue weighted by atomic mass is 32.2. The summed E-state index contributed by atoms with van der Waals surface area (Å²) in [5.41, 5.74) is 0. The van der Waals surface area contributed by atoms with Crippen molar-refractivity contribution in [1.82, 2.24) is 0 Å². The summed E-state index contributed by atoms with van der Waals surface area (Å²) < 4.78 is 24.6. The summed E-state index contributed by atoms with van der Waals surface area (Å²) in [6.07, 6.45) is 0. The van der Waals surface area contributed by atoms with Crippen molar-refractivity contribution in [1.29, 1.82) is 0 Å². The number of sulfone groups is 1. The highest BCUT2D eigenvalue weighted by molar-refractivity contribution is 7.92. The van der Waals surface area contributed by atoms with Crippen molar-refractivity contribution in [3.63, 3.8) is 0 Å². The molecule has 17 heavy (non-hydrogen) atoms. The van der Waals surface area contributed by atoms with Gasteiger partial charge in [0.05, 0.1) is 16.8 Å². The van der Waals surface area contributed by atoms with Crippen molar-refractivity contribution in [3.8, 4) is 0 Å². The van der Waals surface area contributed by atoms with Gasteiger partial charge in [-0.15, -0.1) is 0 Å². The Morgan fingerprint density at radius 3 is 2.12 bits per heavy atom. The van der Waals surface area contributed by atoms with Gasteiger partial charge in [0.15, 0.2) is 9.84 Å². The number of benzene rings is 1. The van der Waals surface area contributed by atoms with E-state index in [2.05, 4.69) is 19.6 Å². The van der Waals surface area contributed by atoms with E-state index in [1.54, 1.807) is 30.3 Å². The van der Waals surface area contributed by atoms with Gasteiger partial charge in [0.2, 0.25) is 0 Å². The monoisotopic (exact) mass is 272 g/mol. The molecule has 0 bridgehead atoms. The Labute approximate surface area is 104 Å². The van der Waals surface area contributed by atoms with Gasteiger partial charge in [0.1, 0.15) is 0 Å². The lowest BCUT2D eigenvalue weighted by Crippen LogP contribution is -2.34. The Hall–Kier alpha value is -0.653. The van der Waals surface area contributed by atoms with Gasteiger partial charge >= 0.3 is 0 Å². The van der Waals surface area contributed by atoms with Crippen LogP contribution in [-0.2, 0) is 9.84 Å². The normalized spacial score (nSPS) is 14.6. The SMILES string of the molecule is C[Si](C)(C)CC(CO)S(=O)(=O)c1ccccc1. The second kappa shape index (κ2) is 5.33. The number of hydrogen-bond donors (Lipinski definition) is 1. The molecule has 0 radical (unpaired) electrons. The van der Waals surface area contributed by atoms with Crippen molar-refractivity contribution in [2.24, 2.45) is 0 Å². The molecule has 0 saturated carbocycles. The van der Waals surface area contributed by atoms with Crippen molar-refractivity contribution >= 4 is 17.9 Å². The molecule has 0 aliphatic rings. The zero-order chi connectivity index (χ0) is 13.1. The van der Waals surface area contributed by atoms with E-state index < -0.39 is 23.2 Å². The first-order valence-electron chi connectivity index (χ1n) is 5.67. The molecular weight excluding hydrogens is 252 g/mol. The summed E-state index contributed by atoms with van der Waals surface area (Å²) in [6, 6.07) is 8.95. The highest BCUT2D eigenvalue weighted by Gasteiger charge is 2.31. The van der Waals surface area contributed by atoms with Crippen LogP contribution < -0.4 is 0 Å². The molecule has 0 heterocycles. The maximum Gasteiger partial charge on any atom is 0.183 e. The third-order valence-corrected chi connectivity index (χ3v) is 6.69. The van der Waals surface area contributed by atoms with E-state index >= 15 is 0 Å². The van der Waals surface area contributed by atoms with E-state index in [1.165, 1.54) is 0 Å². The summed E-state index contributed by atoms with van der Waals surface area (Å²) in [4.78, 5) is 0.303. The lowest BCUT2D eigenvalue weighted by Gasteiger charge is -2.23. The van der Waals surface area contributed by atoms with E-state index in [-0.39, 0.29) is 6.61 Å². The lowest BCUT2D eigenvalue weighted by molar-refractivity contribution is 0.295. The molecule has 3 nitrogen and oxygen atoms in total. The van der Waals surface area contributed by atoms with Gasteiger partial charge in [-0.2, -0.15) is 0 Å². The summed E-state index contributed by atoms with van der Waals surface area (Å²) in [5, 5.41) is 8.66. The third-order valence-electron chi connectivity index (χ3n) is 2.55. The molecule has 1 rings (SSSR count). The third kappa shape index (κ3) is 3.94. The van der Waals surface area contributed by atoms with Crippen LogP contribution in [0.15, 0.2) is 35.2 Å². The molecule has 0 aromatic heterocycles. The van der Waals surface area contributed by atoms with Gasteiger partial charge in [-0.1, -0.05) is 37.8 Å². The van der Waals surface area contributed by atoms with Crippen LogP contribution >= 0.6 is 0 Å². The van der Waals surface area contributed by atoms with E-state index in [0.717, 1.165) is 0 Å². The molecule has 0 aliphatic carbocycles. The van der Waals surface area contributed by atoms with Crippen LogP contribution in [-0.4, -0.2) is 33.5 Å². The summed E-state index contributed by atoms with van der Waals surface area (Å²) >= 11 is 0. The van der Waals surface area contributed by atoms with E-state index in [4.69, 9.17) is 0 Å². The molecule has 96 valence electrons. The standard InChI is InChI=1S/C12H20O3SSi/c1-17(2,3)10-12(9-13)16(14,15)11-7-5-4-6-8-11/h4-8,12-13H,9-10H2,1-3H3. The quantitative estimate of drug-likeness (QED) is 0.836. The van der Waals surface area contributed by atoms with E-state index in [9.17, 15) is 13.5 Å². The van der Waals surface area contributed by atoms with Crippen LogP contribution in [0.4, 0.5) is 0 Å². The van der Waals surface area contributed by atoms with E-state index in [1.807, 2.05) is 0 Å². The minimum atomic E-state index is -3.40. The van der Waals surface area contributed by atoms with Gasteiger partial charge in [0, 0.05) is 8.07 Å². The Bertz CT molecular complexity index is 448. The predicted molar refractivity (Wildman–Crippen MR) is 72.7 cm³/mol. The molecule has 1 aromatic carbocycles. The average Bonchev–Trinajstić information content (AvgIpc) is 2.25. The first-order chi connectivity index (χ1) is 7.77. The van der Waals surface area contributed by atoms with Crippen molar-refractivity contribution < 1.29 is 13.5 Å². The van der Waals surface area contributed by atoms with Gasteiger partial charge in [0.25, 0.3) is 0 Å². The molecule has 1 N–H and O–H groups in total. The zero-order valence-corrected chi connectivity index (χ0v) is 12.4. The summed E-state index contributed by atoms with van der Waals surface area (Å²) in [5.74, 6) is 0. The number of rotatable bonds is 5. The number of aliphatic hydroxyl groups is 1. The molecule has 1 atom stereocenters. The first-order valence-corrected chi connectivity index (χ1v) is 10.9. The fourth-order valence-electron chi connectivity index (χ4n) is 1.76. The van der Waals surface area contributed by atoms with Crippen LogP contribution in [0.25, 0.3) is 0 Å². The Kier molecular flexibility index (Phi) is 4.52. The maximum atomic E-state index is 12.3. The molecular formula is C12H20O3SSi. The fraction of sp³-hybridized carbons (Fsp3) is 0.500. The Balaban J connectivity index is 3.04. The van der Waals surface area contributed by atoms with Crippen molar-refractivity contribution in [2.75, 3.05) is 6.61 Å². The molecule has 0 amide bonds. The van der Waals surface area contributed by atoms with Crippen LogP contribution in [0.1, 0.15) is 0 Å². The highest BCUT2D eigenvalue weighted by Crippen LogP contribution is 2.23. The van der Waals surface area contributed by atoms with Gasteiger partial charge in [-0.05, 0) is 18.2 Å². The minimum Gasteiger partial charge on any atom is -0.395 e. The molecule has 1 aromatic rings.